The lowest BCUT2D eigenvalue weighted by Gasteiger charge is -2.28. The molecular formula is C43H42N6O7. The quantitative estimate of drug-likeness (QED) is 0.150. The van der Waals surface area contributed by atoms with E-state index in [2.05, 4.69) is 10.3 Å². The Labute approximate surface area is 322 Å². The van der Waals surface area contributed by atoms with Crippen molar-refractivity contribution in [3.63, 3.8) is 0 Å². The van der Waals surface area contributed by atoms with E-state index in [0.29, 0.717) is 41.3 Å². The van der Waals surface area contributed by atoms with Gasteiger partial charge in [-0.25, -0.2) is 0 Å². The van der Waals surface area contributed by atoms with E-state index in [1.165, 1.54) is 23.4 Å². The Morgan fingerprint density at radius 2 is 1.46 bits per heavy atom. The summed E-state index contributed by atoms with van der Waals surface area (Å²) >= 11 is 0. The van der Waals surface area contributed by atoms with Crippen molar-refractivity contribution >= 4 is 11.6 Å². The third-order valence-corrected chi connectivity index (χ3v) is 10.3. The number of amides is 1. The average molecular weight is 755 g/mol. The van der Waals surface area contributed by atoms with Crippen molar-refractivity contribution in [1.82, 2.24) is 24.1 Å². The van der Waals surface area contributed by atoms with E-state index in [1.54, 1.807) is 83.5 Å². The lowest BCUT2D eigenvalue weighted by Crippen LogP contribution is -2.44. The van der Waals surface area contributed by atoms with Crippen LogP contribution in [0, 0.1) is 5.92 Å². The molecule has 3 aromatic carbocycles. The molecule has 0 saturated carbocycles. The van der Waals surface area contributed by atoms with Crippen molar-refractivity contribution in [1.29, 1.82) is 0 Å². The summed E-state index contributed by atoms with van der Waals surface area (Å²) < 4.78 is 15.0. The molecule has 4 heterocycles. The number of carbonyl (C=O) groups excluding carboxylic acids is 1. The summed E-state index contributed by atoms with van der Waals surface area (Å²) in [5.74, 6) is -1.11. The maximum atomic E-state index is 14.5. The van der Waals surface area contributed by atoms with Gasteiger partial charge >= 0.3 is 0 Å². The Balaban J connectivity index is 1.15. The van der Waals surface area contributed by atoms with Gasteiger partial charge in [-0.05, 0) is 72.1 Å². The first-order valence-corrected chi connectivity index (χ1v) is 18.2. The molecule has 0 aliphatic carbocycles. The molecule has 13 heteroatoms. The summed E-state index contributed by atoms with van der Waals surface area (Å²) in [6.07, 6.45) is 9.32. The van der Waals surface area contributed by atoms with Crippen LogP contribution in [0.3, 0.4) is 0 Å². The minimum absolute atomic E-state index is 0.102. The monoisotopic (exact) mass is 754 g/mol. The van der Waals surface area contributed by atoms with Gasteiger partial charge in [0.25, 0.3) is 17.0 Å². The molecule has 0 bridgehead atoms. The van der Waals surface area contributed by atoms with Crippen LogP contribution in [-0.2, 0) is 23.5 Å². The fourth-order valence-electron chi connectivity index (χ4n) is 7.14. The van der Waals surface area contributed by atoms with Crippen molar-refractivity contribution in [3.8, 4) is 22.9 Å². The first kappa shape index (κ1) is 37.7. The van der Waals surface area contributed by atoms with E-state index in [4.69, 9.17) is 9.47 Å². The van der Waals surface area contributed by atoms with Gasteiger partial charge in [0, 0.05) is 48.0 Å². The van der Waals surface area contributed by atoms with Gasteiger partial charge in [-0.3, -0.25) is 28.2 Å². The summed E-state index contributed by atoms with van der Waals surface area (Å²) in [5, 5.41) is 31.1. The van der Waals surface area contributed by atoms with Gasteiger partial charge in [0.15, 0.2) is 17.1 Å². The number of aliphatic hydroxyl groups excluding tert-OH is 1. The normalized spacial score (nSPS) is 16.2. The van der Waals surface area contributed by atoms with Crippen molar-refractivity contribution in [2.75, 3.05) is 25.7 Å². The number of aromatic nitrogens is 5. The highest BCUT2D eigenvalue weighted by atomic mass is 16.5. The Kier molecular flexibility index (Phi) is 10.8. The number of methoxy groups -OCH3 is 2. The molecule has 1 aliphatic heterocycles. The highest BCUT2D eigenvalue weighted by Gasteiger charge is 2.52. The van der Waals surface area contributed by atoms with Crippen LogP contribution in [-0.4, -0.2) is 61.1 Å². The number of pyridine rings is 2. The maximum Gasteiger partial charge on any atom is 0.297 e. The summed E-state index contributed by atoms with van der Waals surface area (Å²) in [6.45, 7) is 2.31. The molecule has 0 radical (unpaired) electrons. The van der Waals surface area contributed by atoms with E-state index in [0.717, 1.165) is 11.1 Å². The van der Waals surface area contributed by atoms with E-state index in [1.807, 2.05) is 60.8 Å². The van der Waals surface area contributed by atoms with Crippen molar-refractivity contribution in [3.05, 3.63) is 171 Å². The smallest absolute Gasteiger partial charge is 0.297 e. The third-order valence-electron chi connectivity index (χ3n) is 10.3. The largest absolute Gasteiger partial charge is 0.491 e. The van der Waals surface area contributed by atoms with E-state index in [-0.39, 0.29) is 41.7 Å². The van der Waals surface area contributed by atoms with Crippen LogP contribution in [0.1, 0.15) is 41.6 Å². The van der Waals surface area contributed by atoms with Crippen molar-refractivity contribution in [2.45, 2.75) is 38.0 Å². The van der Waals surface area contributed by atoms with Crippen molar-refractivity contribution in [2.24, 2.45) is 5.92 Å². The van der Waals surface area contributed by atoms with Crippen molar-refractivity contribution < 1.29 is 24.5 Å². The van der Waals surface area contributed by atoms with Crippen LogP contribution in [0.5, 0.6) is 11.5 Å². The number of hydrogen-bond donors (Lipinski definition) is 2. The number of aryl methyl sites for hydroxylation is 1. The molecule has 13 nitrogen and oxygen atoms in total. The number of aliphatic hydroxyl groups is 2. The molecule has 1 amide bonds. The molecule has 7 rings (SSSR count). The van der Waals surface area contributed by atoms with Crippen LogP contribution in [0.25, 0.3) is 11.4 Å². The average Bonchev–Trinajstić information content (AvgIpc) is 3.77. The van der Waals surface area contributed by atoms with Gasteiger partial charge in [0.2, 0.25) is 0 Å². The minimum Gasteiger partial charge on any atom is -0.491 e. The predicted molar refractivity (Wildman–Crippen MR) is 211 cm³/mol. The Morgan fingerprint density at radius 3 is 2.11 bits per heavy atom. The lowest BCUT2D eigenvalue weighted by atomic mass is 9.82. The maximum absolute atomic E-state index is 14.5. The second-order valence-electron chi connectivity index (χ2n) is 13.6. The lowest BCUT2D eigenvalue weighted by molar-refractivity contribution is -0.139. The molecule has 2 N–H and O–H groups in total. The van der Waals surface area contributed by atoms with Crippen LogP contribution < -0.4 is 25.5 Å². The van der Waals surface area contributed by atoms with Crippen LogP contribution >= 0.6 is 0 Å². The number of fused-ring (bicyclic) bond motifs is 1. The number of allylic oxidation sites excluding steroid dienone is 1. The number of benzene rings is 3. The number of carbonyl (C=O) groups is 1. The standard InChI is InChI=1S/C43H42N6O7/c1-29(11-7-8-22-46-27-36(44-45-46)34(28-50)31-12-5-4-6-13-31)43(54)35-25-33(48-24-10-15-39(56-3)41(48)52)20-21-37(35)49(42(43)53)26-30-16-18-32(19-17-30)47-23-9-14-38(55-2)40(47)51/h4-7,9-21,23-25,27,29,34,50,54H,8,22,26,28H2,1-3H3/b11-7+/t29-,34?,43+/m0/s1. The van der Waals surface area contributed by atoms with Gasteiger partial charge in [0.1, 0.15) is 0 Å². The molecule has 3 atom stereocenters. The highest BCUT2D eigenvalue weighted by molar-refractivity contribution is 6.07. The zero-order valence-corrected chi connectivity index (χ0v) is 31.2. The summed E-state index contributed by atoms with van der Waals surface area (Å²) in [5.41, 5.74) is 1.69. The zero-order chi connectivity index (χ0) is 39.4. The SMILES string of the molecule is COc1cccn(-c2ccc(CN3C(=O)[C@@](O)([C@@H](C)/C=C/CCn4cc(C(CO)c5ccccc5)nn4)c4cc(-n5cccc(OC)c5=O)ccc43)cc2)c1=O. The Morgan fingerprint density at radius 1 is 0.821 bits per heavy atom. The zero-order valence-electron chi connectivity index (χ0n) is 31.2. The summed E-state index contributed by atoms with van der Waals surface area (Å²) in [6, 6.07) is 28.6. The third kappa shape index (κ3) is 7.05. The second-order valence-corrected chi connectivity index (χ2v) is 13.6. The highest BCUT2D eigenvalue weighted by Crippen LogP contribution is 2.46. The molecular weight excluding hydrogens is 713 g/mol. The Hall–Kier alpha value is -6.57. The molecule has 0 fully saturated rings. The number of hydrogen-bond acceptors (Lipinski definition) is 9. The van der Waals surface area contributed by atoms with Crippen LogP contribution in [0.15, 0.2) is 137 Å². The fourth-order valence-corrected chi connectivity index (χ4v) is 7.14. The molecule has 286 valence electrons. The minimum atomic E-state index is -1.97. The van der Waals surface area contributed by atoms with Gasteiger partial charge in [-0.1, -0.05) is 66.8 Å². The number of anilines is 1. The van der Waals surface area contributed by atoms with Crippen LogP contribution in [0.4, 0.5) is 5.69 Å². The molecule has 3 aromatic heterocycles. The first-order chi connectivity index (χ1) is 27.2. The number of ether oxygens (including phenoxy) is 2. The Bertz CT molecular complexity index is 2490. The summed E-state index contributed by atoms with van der Waals surface area (Å²) in [7, 11) is 2.87. The van der Waals surface area contributed by atoms with Gasteiger partial charge in [0.05, 0.1) is 44.7 Å². The van der Waals surface area contributed by atoms with Gasteiger partial charge in [-0.2, -0.15) is 0 Å². The molecule has 0 spiro atoms. The van der Waals surface area contributed by atoms with E-state index < -0.39 is 17.4 Å². The second kappa shape index (κ2) is 16.0. The molecule has 56 heavy (non-hydrogen) atoms. The number of rotatable bonds is 14. The van der Waals surface area contributed by atoms with E-state index in [9.17, 15) is 24.6 Å². The van der Waals surface area contributed by atoms with E-state index >= 15 is 0 Å². The van der Waals surface area contributed by atoms with Gasteiger partial charge < -0.3 is 24.6 Å². The van der Waals surface area contributed by atoms with Gasteiger partial charge in [-0.15, -0.1) is 5.10 Å². The summed E-state index contributed by atoms with van der Waals surface area (Å²) in [4.78, 5) is 42.0. The molecule has 1 aliphatic rings. The molecule has 0 saturated heterocycles. The molecule has 1 unspecified atom stereocenters. The topological polar surface area (TPSA) is 154 Å². The number of nitrogens with zero attached hydrogens (tertiary/aromatic N) is 6. The predicted octanol–water partition coefficient (Wildman–Crippen LogP) is 4.74. The molecule has 6 aromatic rings. The first-order valence-electron chi connectivity index (χ1n) is 18.2. The fraction of sp³-hybridized carbons (Fsp3) is 0.233. The van der Waals surface area contributed by atoms with Crippen LogP contribution in [0.2, 0.25) is 0 Å².